The molecule has 1 N–H and O–H groups in total. The second-order valence-corrected chi connectivity index (χ2v) is 5.30. The van der Waals surface area contributed by atoms with Gasteiger partial charge in [-0.05, 0) is 40.2 Å². The Hall–Kier alpha value is -2.34. The minimum absolute atomic E-state index is 0.0224. The van der Waals surface area contributed by atoms with E-state index in [2.05, 4.69) is 20.9 Å². The van der Waals surface area contributed by atoms with Crippen LogP contribution in [0.3, 0.4) is 0 Å². The Bertz CT molecular complexity index is 799. The molecule has 3 rings (SSSR count). The molecule has 0 spiro atoms. The van der Waals surface area contributed by atoms with Crippen LogP contribution < -0.4 is 4.74 Å². The molecule has 0 aliphatic heterocycles. The van der Waals surface area contributed by atoms with Crippen LogP contribution in [-0.4, -0.2) is 20.5 Å². The zero-order valence-corrected chi connectivity index (χ0v) is 12.4. The van der Waals surface area contributed by atoms with E-state index in [1.54, 1.807) is 22.7 Å². The highest BCUT2D eigenvalue weighted by molar-refractivity contribution is 9.10. The van der Waals surface area contributed by atoms with Crippen molar-refractivity contribution in [2.24, 2.45) is 0 Å². The topological polar surface area (TPSA) is 63.8 Å². The van der Waals surface area contributed by atoms with Crippen molar-refractivity contribution in [3.63, 3.8) is 0 Å². The Kier molecular flexibility index (Phi) is 3.62. The molecule has 3 aromatic rings. The van der Waals surface area contributed by atoms with Gasteiger partial charge in [-0.25, -0.2) is 9.78 Å². The van der Waals surface area contributed by atoms with Crippen molar-refractivity contribution in [1.29, 1.82) is 0 Å². The molecule has 2 aromatic heterocycles. The van der Waals surface area contributed by atoms with E-state index < -0.39 is 5.97 Å². The number of aromatic carboxylic acids is 1. The number of hydrogen-bond donors (Lipinski definition) is 1. The van der Waals surface area contributed by atoms with Crippen molar-refractivity contribution in [2.45, 2.75) is 6.61 Å². The summed E-state index contributed by atoms with van der Waals surface area (Å²) in [4.78, 5) is 15.4. The Balaban J connectivity index is 1.98. The molecule has 106 valence electrons. The first-order chi connectivity index (χ1) is 10.1. The zero-order chi connectivity index (χ0) is 14.8. The lowest BCUT2D eigenvalue weighted by molar-refractivity contribution is 0.0693. The van der Waals surface area contributed by atoms with E-state index in [4.69, 9.17) is 4.74 Å². The Morgan fingerprint density at radius 2 is 2.00 bits per heavy atom. The van der Waals surface area contributed by atoms with Crippen molar-refractivity contribution in [3.8, 4) is 5.75 Å². The van der Waals surface area contributed by atoms with Gasteiger partial charge in [-0.15, -0.1) is 0 Å². The predicted molar refractivity (Wildman–Crippen MR) is 80.6 cm³/mol. The summed E-state index contributed by atoms with van der Waals surface area (Å²) in [5.41, 5.74) is 0.562. The summed E-state index contributed by atoms with van der Waals surface area (Å²) in [6.45, 7) is 0.189. The number of nitrogens with zero attached hydrogens (tertiary/aromatic N) is 2. The van der Waals surface area contributed by atoms with E-state index in [1.807, 2.05) is 30.3 Å². The highest BCUT2D eigenvalue weighted by Crippen LogP contribution is 2.19. The number of aromatic nitrogens is 2. The average molecular weight is 347 g/mol. The molecule has 0 aliphatic carbocycles. The van der Waals surface area contributed by atoms with E-state index in [0.717, 1.165) is 4.47 Å². The SMILES string of the molecule is O=C(O)c1nc(COc2ccccc2)n2cc(Br)ccc12. The largest absolute Gasteiger partial charge is 0.486 e. The van der Waals surface area contributed by atoms with Gasteiger partial charge < -0.3 is 9.84 Å². The van der Waals surface area contributed by atoms with Crippen molar-refractivity contribution in [1.82, 2.24) is 9.38 Å². The monoisotopic (exact) mass is 346 g/mol. The van der Waals surface area contributed by atoms with Crippen LogP contribution in [0.5, 0.6) is 5.75 Å². The number of ether oxygens (including phenoxy) is 1. The second-order valence-electron chi connectivity index (χ2n) is 4.39. The first-order valence-electron chi connectivity index (χ1n) is 6.23. The molecule has 0 bridgehead atoms. The van der Waals surface area contributed by atoms with E-state index in [-0.39, 0.29) is 12.3 Å². The molecular formula is C15H11BrN2O3. The van der Waals surface area contributed by atoms with Gasteiger partial charge in [0.1, 0.15) is 12.4 Å². The summed E-state index contributed by atoms with van der Waals surface area (Å²) in [5, 5.41) is 9.22. The van der Waals surface area contributed by atoms with Gasteiger partial charge in [-0.1, -0.05) is 18.2 Å². The summed E-state index contributed by atoms with van der Waals surface area (Å²) in [5.74, 6) is 0.189. The number of hydrogen-bond acceptors (Lipinski definition) is 3. The van der Waals surface area contributed by atoms with Crippen LogP contribution in [0.25, 0.3) is 5.52 Å². The average Bonchev–Trinajstić information content (AvgIpc) is 2.84. The van der Waals surface area contributed by atoms with Crippen LogP contribution in [0.4, 0.5) is 0 Å². The maximum absolute atomic E-state index is 11.3. The van der Waals surface area contributed by atoms with Gasteiger partial charge in [0.25, 0.3) is 0 Å². The molecule has 0 unspecified atom stereocenters. The molecule has 0 saturated carbocycles. The van der Waals surface area contributed by atoms with Gasteiger partial charge >= 0.3 is 5.97 Å². The lowest BCUT2D eigenvalue weighted by Gasteiger charge is -2.05. The number of benzene rings is 1. The standard InChI is InChI=1S/C15H11BrN2O3/c16-10-6-7-12-14(15(19)20)17-13(18(12)8-10)9-21-11-4-2-1-3-5-11/h1-8H,9H2,(H,19,20). The van der Waals surface area contributed by atoms with Crippen LogP contribution in [0.2, 0.25) is 0 Å². The van der Waals surface area contributed by atoms with Crippen molar-refractivity contribution < 1.29 is 14.6 Å². The second kappa shape index (κ2) is 5.57. The molecule has 1 aromatic carbocycles. The Morgan fingerprint density at radius 1 is 1.24 bits per heavy atom. The van der Waals surface area contributed by atoms with Gasteiger partial charge in [-0.2, -0.15) is 0 Å². The maximum atomic E-state index is 11.3. The van der Waals surface area contributed by atoms with Crippen molar-refractivity contribution in [2.75, 3.05) is 0 Å². The summed E-state index contributed by atoms with van der Waals surface area (Å²) >= 11 is 3.37. The summed E-state index contributed by atoms with van der Waals surface area (Å²) < 4.78 is 8.20. The minimum atomic E-state index is -1.05. The Labute approximate surface area is 128 Å². The molecule has 0 atom stereocenters. The van der Waals surface area contributed by atoms with E-state index in [0.29, 0.717) is 17.1 Å². The maximum Gasteiger partial charge on any atom is 0.356 e. The number of carbonyl (C=O) groups is 1. The van der Waals surface area contributed by atoms with Crippen LogP contribution >= 0.6 is 15.9 Å². The third kappa shape index (κ3) is 2.75. The molecule has 2 heterocycles. The Morgan fingerprint density at radius 3 is 2.71 bits per heavy atom. The van der Waals surface area contributed by atoms with Gasteiger partial charge in [0.05, 0.1) is 5.52 Å². The molecule has 0 saturated heterocycles. The molecule has 0 fully saturated rings. The zero-order valence-electron chi connectivity index (χ0n) is 10.9. The fraction of sp³-hybridized carbons (Fsp3) is 0.0667. The molecule has 5 nitrogen and oxygen atoms in total. The lowest BCUT2D eigenvalue weighted by Crippen LogP contribution is -2.01. The van der Waals surface area contributed by atoms with Gasteiger partial charge in [0.15, 0.2) is 11.5 Å². The first kappa shape index (κ1) is 13.6. The van der Waals surface area contributed by atoms with E-state index >= 15 is 0 Å². The molecule has 6 heteroatoms. The minimum Gasteiger partial charge on any atom is -0.486 e. The van der Waals surface area contributed by atoms with Gasteiger partial charge in [0.2, 0.25) is 0 Å². The number of pyridine rings is 1. The van der Waals surface area contributed by atoms with Crippen LogP contribution in [-0.2, 0) is 6.61 Å². The number of halogens is 1. The van der Waals surface area contributed by atoms with E-state index in [9.17, 15) is 9.90 Å². The number of carboxylic acid groups (broad SMARTS) is 1. The normalized spacial score (nSPS) is 10.7. The molecule has 0 radical (unpaired) electrons. The molecule has 0 aliphatic rings. The highest BCUT2D eigenvalue weighted by atomic mass is 79.9. The fourth-order valence-electron chi connectivity index (χ4n) is 2.05. The lowest BCUT2D eigenvalue weighted by atomic mass is 10.3. The summed E-state index contributed by atoms with van der Waals surface area (Å²) in [7, 11) is 0. The summed E-state index contributed by atoms with van der Waals surface area (Å²) in [6.07, 6.45) is 1.78. The third-order valence-corrected chi connectivity index (χ3v) is 3.46. The predicted octanol–water partition coefficient (Wildman–Crippen LogP) is 3.37. The number of imidazole rings is 1. The number of rotatable bonds is 4. The van der Waals surface area contributed by atoms with Crippen LogP contribution in [0, 0.1) is 0 Å². The quantitative estimate of drug-likeness (QED) is 0.786. The number of fused-ring (bicyclic) bond motifs is 1. The van der Waals surface area contributed by atoms with Gasteiger partial charge in [-0.3, -0.25) is 4.40 Å². The van der Waals surface area contributed by atoms with Crippen LogP contribution in [0.1, 0.15) is 16.3 Å². The molecule has 0 amide bonds. The number of para-hydroxylation sites is 1. The highest BCUT2D eigenvalue weighted by Gasteiger charge is 2.17. The van der Waals surface area contributed by atoms with Crippen molar-refractivity contribution in [3.05, 3.63) is 64.7 Å². The van der Waals surface area contributed by atoms with E-state index in [1.165, 1.54) is 0 Å². The fourth-order valence-corrected chi connectivity index (χ4v) is 2.38. The van der Waals surface area contributed by atoms with Crippen molar-refractivity contribution >= 4 is 27.4 Å². The first-order valence-corrected chi connectivity index (χ1v) is 7.02. The third-order valence-electron chi connectivity index (χ3n) is 2.99. The van der Waals surface area contributed by atoms with Crippen LogP contribution in [0.15, 0.2) is 53.1 Å². The summed E-state index contributed by atoms with van der Waals surface area (Å²) in [6, 6.07) is 12.8. The number of carboxylic acids is 1. The van der Waals surface area contributed by atoms with Gasteiger partial charge in [0, 0.05) is 10.7 Å². The smallest absolute Gasteiger partial charge is 0.356 e. The molecule has 21 heavy (non-hydrogen) atoms. The molecular weight excluding hydrogens is 336 g/mol.